The van der Waals surface area contributed by atoms with Crippen molar-refractivity contribution in [2.24, 2.45) is 0 Å². The van der Waals surface area contributed by atoms with Crippen molar-refractivity contribution < 1.29 is 18.4 Å². The number of nitrogens with zero attached hydrogens (tertiary/aromatic N) is 2. The predicted octanol–water partition coefficient (Wildman–Crippen LogP) is 1.92. The first kappa shape index (κ1) is 15.3. The summed E-state index contributed by atoms with van der Waals surface area (Å²) in [7, 11) is 0. The average molecular weight is 317 g/mol. The van der Waals surface area contributed by atoms with Crippen LogP contribution in [0, 0.1) is 13.8 Å². The van der Waals surface area contributed by atoms with E-state index in [-0.39, 0.29) is 23.6 Å². The van der Waals surface area contributed by atoms with Crippen LogP contribution >= 0.6 is 0 Å². The van der Waals surface area contributed by atoms with Crippen LogP contribution in [0.5, 0.6) is 0 Å². The number of carbonyl (C=O) groups is 2. The average Bonchev–Trinajstić information content (AvgIpc) is 3.16. The Labute approximate surface area is 133 Å². The molecule has 1 fully saturated rings. The Balaban J connectivity index is 1.64. The van der Waals surface area contributed by atoms with Crippen molar-refractivity contribution in [1.29, 1.82) is 0 Å². The Kier molecular flexibility index (Phi) is 4.18. The van der Waals surface area contributed by atoms with Crippen molar-refractivity contribution >= 4 is 11.8 Å². The van der Waals surface area contributed by atoms with E-state index in [0.29, 0.717) is 30.4 Å². The lowest BCUT2D eigenvalue weighted by atomic mass is 10.1. The summed E-state index contributed by atoms with van der Waals surface area (Å²) in [5.41, 5.74) is 0.569. The topological polar surface area (TPSA) is 88.6 Å². The van der Waals surface area contributed by atoms with Crippen molar-refractivity contribution in [3.63, 3.8) is 0 Å². The minimum atomic E-state index is -0.291. The molecule has 122 valence electrons. The van der Waals surface area contributed by atoms with Crippen molar-refractivity contribution in [3.05, 3.63) is 41.5 Å². The maximum absolute atomic E-state index is 12.3. The fourth-order valence-electron chi connectivity index (χ4n) is 2.83. The quantitative estimate of drug-likeness (QED) is 0.934. The van der Waals surface area contributed by atoms with Gasteiger partial charge in [-0.15, -0.1) is 0 Å². The van der Waals surface area contributed by atoms with Gasteiger partial charge in [-0.05, 0) is 31.9 Å². The van der Waals surface area contributed by atoms with E-state index in [1.54, 1.807) is 30.9 Å². The summed E-state index contributed by atoms with van der Waals surface area (Å²) in [5.74, 6) is 0.572. The predicted molar refractivity (Wildman–Crippen MR) is 81.1 cm³/mol. The standard InChI is InChI=1S/C16H19N3O4/c1-10-14(23-11(2)17-10)15(20)18-12-5-3-7-19(9-12)16(21)13-6-4-8-22-13/h4,6,8,12H,3,5,7,9H2,1-2H3,(H,18,20). The maximum atomic E-state index is 12.3. The van der Waals surface area contributed by atoms with E-state index in [1.807, 2.05) is 0 Å². The fourth-order valence-corrected chi connectivity index (χ4v) is 2.83. The lowest BCUT2D eigenvalue weighted by molar-refractivity contribution is 0.0643. The number of amides is 2. The van der Waals surface area contributed by atoms with Crippen molar-refractivity contribution in [2.75, 3.05) is 13.1 Å². The molecule has 23 heavy (non-hydrogen) atoms. The van der Waals surface area contributed by atoms with E-state index >= 15 is 0 Å². The second-order valence-electron chi connectivity index (χ2n) is 5.69. The number of oxazole rings is 1. The number of aromatic nitrogens is 1. The molecule has 2 amide bonds. The number of carbonyl (C=O) groups excluding carboxylic acids is 2. The molecular weight excluding hydrogens is 298 g/mol. The fraction of sp³-hybridized carbons (Fsp3) is 0.438. The molecule has 2 aromatic rings. The van der Waals surface area contributed by atoms with E-state index in [1.165, 1.54) is 6.26 Å². The van der Waals surface area contributed by atoms with Gasteiger partial charge in [-0.2, -0.15) is 0 Å². The molecule has 0 aromatic carbocycles. The summed E-state index contributed by atoms with van der Waals surface area (Å²) >= 11 is 0. The summed E-state index contributed by atoms with van der Waals surface area (Å²) in [6, 6.07) is 3.22. The Morgan fingerprint density at radius 1 is 1.39 bits per heavy atom. The lowest BCUT2D eigenvalue weighted by Gasteiger charge is -2.32. The number of furan rings is 1. The van der Waals surface area contributed by atoms with Gasteiger partial charge in [0.1, 0.15) is 0 Å². The van der Waals surface area contributed by atoms with Gasteiger partial charge in [0.15, 0.2) is 11.7 Å². The van der Waals surface area contributed by atoms with Crippen LogP contribution < -0.4 is 5.32 Å². The van der Waals surface area contributed by atoms with E-state index in [0.717, 1.165) is 12.8 Å². The van der Waals surface area contributed by atoms with Crippen LogP contribution in [0.15, 0.2) is 27.2 Å². The number of likely N-dealkylation sites (tertiary alicyclic amines) is 1. The molecule has 2 aromatic heterocycles. The van der Waals surface area contributed by atoms with Crippen LogP contribution in [0.25, 0.3) is 0 Å². The van der Waals surface area contributed by atoms with Gasteiger partial charge in [0.25, 0.3) is 11.8 Å². The molecule has 0 bridgehead atoms. The first-order valence-electron chi connectivity index (χ1n) is 7.62. The van der Waals surface area contributed by atoms with E-state index in [2.05, 4.69) is 10.3 Å². The zero-order valence-corrected chi connectivity index (χ0v) is 13.2. The molecule has 1 N–H and O–H groups in total. The van der Waals surface area contributed by atoms with Crippen LogP contribution in [-0.4, -0.2) is 40.8 Å². The van der Waals surface area contributed by atoms with Gasteiger partial charge in [0, 0.05) is 26.1 Å². The second kappa shape index (κ2) is 6.28. The highest BCUT2D eigenvalue weighted by molar-refractivity contribution is 5.93. The third kappa shape index (κ3) is 3.28. The Morgan fingerprint density at radius 2 is 2.22 bits per heavy atom. The molecule has 3 rings (SSSR count). The van der Waals surface area contributed by atoms with Crippen LogP contribution in [0.1, 0.15) is 45.5 Å². The minimum Gasteiger partial charge on any atom is -0.459 e. The summed E-state index contributed by atoms with van der Waals surface area (Å²) in [6.07, 6.45) is 3.12. The van der Waals surface area contributed by atoms with Gasteiger partial charge in [0.05, 0.1) is 12.0 Å². The van der Waals surface area contributed by atoms with Crippen LogP contribution in [0.2, 0.25) is 0 Å². The molecule has 3 heterocycles. The number of hydrogen-bond acceptors (Lipinski definition) is 5. The third-order valence-corrected chi connectivity index (χ3v) is 3.89. The van der Waals surface area contributed by atoms with Gasteiger partial charge < -0.3 is 19.1 Å². The first-order chi connectivity index (χ1) is 11.0. The van der Waals surface area contributed by atoms with E-state index < -0.39 is 0 Å². The highest BCUT2D eigenvalue weighted by Crippen LogP contribution is 2.16. The smallest absolute Gasteiger partial charge is 0.289 e. The highest BCUT2D eigenvalue weighted by Gasteiger charge is 2.28. The van der Waals surface area contributed by atoms with Crippen LogP contribution in [0.4, 0.5) is 0 Å². The molecule has 1 aliphatic heterocycles. The number of hydrogen-bond donors (Lipinski definition) is 1. The van der Waals surface area contributed by atoms with Gasteiger partial charge in [0.2, 0.25) is 5.76 Å². The van der Waals surface area contributed by atoms with E-state index in [9.17, 15) is 9.59 Å². The van der Waals surface area contributed by atoms with Crippen molar-refractivity contribution in [2.45, 2.75) is 32.7 Å². The van der Waals surface area contributed by atoms with Gasteiger partial charge in [-0.25, -0.2) is 4.98 Å². The van der Waals surface area contributed by atoms with Crippen LogP contribution in [-0.2, 0) is 0 Å². The molecule has 1 unspecified atom stereocenters. The molecule has 7 nitrogen and oxygen atoms in total. The Bertz CT molecular complexity index is 705. The third-order valence-electron chi connectivity index (χ3n) is 3.89. The summed E-state index contributed by atoms with van der Waals surface area (Å²) in [6.45, 7) is 4.55. The largest absolute Gasteiger partial charge is 0.459 e. The number of nitrogens with one attached hydrogen (secondary N) is 1. The molecule has 1 atom stereocenters. The summed E-state index contributed by atoms with van der Waals surface area (Å²) < 4.78 is 10.5. The molecule has 1 aliphatic rings. The Morgan fingerprint density at radius 3 is 2.87 bits per heavy atom. The summed E-state index contributed by atoms with van der Waals surface area (Å²) in [5, 5.41) is 2.92. The minimum absolute atomic E-state index is 0.111. The molecule has 0 spiro atoms. The zero-order valence-electron chi connectivity index (χ0n) is 13.2. The SMILES string of the molecule is Cc1nc(C)c(C(=O)NC2CCCN(C(=O)c3ccco3)C2)o1. The number of piperidine rings is 1. The van der Waals surface area contributed by atoms with Crippen LogP contribution in [0.3, 0.4) is 0 Å². The van der Waals surface area contributed by atoms with Crippen molar-refractivity contribution in [3.8, 4) is 0 Å². The van der Waals surface area contributed by atoms with Gasteiger partial charge >= 0.3 is 0 Å². The molecular formula is C16H19N3O4. The van der Waals surface area contributed by atoms with Gasteiger partial charge in [-0.3, -0.25) is 9.59 Å². The molecule has 7 heteroatoms. The molecule has 0 aliphatic carbocycles. The molecule has 0 saturated carbocycles. The number of rotatable bonds is 3. The lowest BCUT2D eigenvalue weighted by Crippen LogP contribution is -2.49. The maximum Gasteiger partial charge on any atom is 0.289 e. The molecule has 0 radical (unpaired) electrons. The van der Waals surface area contributed by atoms with Crippen molar-refractivity contribution in [1.82, 2.24) is 15.2 Å². The number of aryl methyl sites for hydroxylation is 2. The normalized spacial score (nSPS) is 18.0. The monoisotopic (exact) mass is 317 g/mol. The molecule has 1 saturated heterocycles. The van der Waals surface area contributed by atoms with E-state index in [4.69, 9.17) is 8.83 Å². The van der Waals surface area contributed by atoms with Gasteiger partial charge in [-0.1, -0.05) is 0 Å². The second-order valence-corrected chi connectivity index (χ2v) is 5.69. The first-order valence-corrected chi connectivity index (χ1v) is 7.62. The highest BCUT2D eigenvalue weighted by atomic mass is 16.4. The summed E-state index contributed by atoms with van der Waals surface area (Å²) in [4.78, 5) is 30.4. The Hall–Kier alpha value is -2.57. The zero-order chi connectivity index (χ0) is 16.4.